The van der Waals surface area contributed by atoms with E-state index in [0.29, 0.717) is 25.7 Å². The number of aromatic nitrogens is 2. The molecule has 2 aromatic rings. The van der Waals surface area contributed by atoms with Gasteiger partial charge in [-0.3, -0.25) is 9.67 Å². The van der Waals surface area contributed by atoms with E-state index in [1.165, 1.54) is 16.8 Å². The Morgan fingerprint density at radius 1 is 1.22 bits per heavy atom. The summed E-state index contributed by atoms with van der Waals surface area (Å²) in [6, 6.07) is 10.2. The second-order valence-electron chi connectivity index (χ2n) is 6.69. The van der Waals surface area contributed by atoms with Crippen LogP contribution in [0.2, 0.25) is 0 Å². The first kappa shape index (κ1) is 23.4. The van der Waals surface area contributed by atoms with E-state index in [0.717, 1.165) is 18.2 Å². The van der Waals surface area contributed by atoms with Gasteiger partial charge in [-0.2, -0.15) is 5.10 Å². The van der Waals surface area contributed by atoms with Crippen molar-refractivity contribution >= 4 is 29.9 Å². The molecule has 0 saturated carbocycles. The number of halogens is 1. The number of rotatable bonds is 8. The predicted octanol–water partition coefficient (Wildman–Crippen LogP) is 3.17. The van der Waals surface area contributed by atoms with Gasteiger partial charge in [0, 0.05) is 38.4 Å². The zero-order valence-electron chi connectivity index (χ0n) is 17.0. The predicted molar refractivity (Wildman–Crippen MR) is 122 cm³/mol. The van der Waals surface area contributed by atoms with Crippen molar-refractivity contribution in [3.05, 3.63) is 52.8 Å². The van der Waals surface area contributed by atoms with Crippen LogP contribution in [0.25, 0.3) is 0 Å². The number of ether oxygens (including phenoxy) is 1. The standard InChI is InChI=1S/C20H31N5O.HI/c1-15(13-26-14-18-9-7-6-8-10-18)11-22-20(21-4)23-12-19-16(2)24-25(5)17(19)3;/h6-10,15H,11-14H2,1-5H3,(H2,21,22,23);1H. The van der Waals surface area contributed by atoms with E-state index in [1.807, 2.05) is 36.9 Å². The van der Waals surface area contributed by atoms with Gasteiger partial charge in [0.25, 0.3) is 0 Å². The summed E-state index contributed by atoms with van der Waals surface area (Å²) in [4.78, 5) is 4.30. The molecule has 0 radical (unpaired) electrons. The van der Waals surface area contributed by atoms with E-state index in [-0.39, 0.29) is 24.0 Å². The van der Waals surface area contributed by atoms with Crippen molar-refractivity contribution in [3.63, 3.8) is 0 Å². The molecule has 0 spiro atoms. The molecule has 0 bridgehead atoms. The maximum Gasteiger partial charge on any atom is 0.191 e. The Balaban J connectivity index is 0.00000364. The SMILES string of the molecule is CN=C(NCc1c(C)nn(C)c1C)NCC(C)COCc1ccccc1.I. The summed E-state index contributed by atoms with van der Waals surface area (Å²) >= 11 is 0. The Kier molecular flexibility index (Phi) is 10.4. The van der Waals surface area contributed by atoms with Crippen molar-refractivity contribution < 1.29 is 4.74 Å². The lowest BCUT2D eigenvalue weighted by Gasteiger charge is -2.16. The Labute approximate surface area is 179 Å². The number of aliphatic imine (C=N–C) groups is 1. The molecule has 27 heavy (non-hydrogen) atoms. The minimum Gasteiger partial charge on any atom is -0.376 e. The third kappa shape index (κ3) is 7.50. The van der Waals surface area contributed by atoms with Crippen LogP contribution < -0.4 is 10.6 Å². The number of benzene rings is 1. The van der Waals surface area contributed by atoms with Gasteiger partial charge in [0.2, 0.25) is 0 Å². The van der Waals surface area contributed by atoms with Crippen LogP contribution in [0.15, 0.2) is 35.3 Å². The van der Waals surface area contributed by atoms with Crippen LogP contribution in [-0.4, -0.2) is 35.9 Å². The number of nitrogens with one attached hydrogen (secondary N) is 2. The maximum atomic E-state index is 5.80. The largest absolute Gasteiger partial charge is 0.376 e. The summed E-state index contributed by atoms with van der Waals surface area (Å²) in [5.74, 6) is 1.18. The highest BCUT2D eigenvalue weighted by molar-refractivity contribution is 14.0. The fourth-order valence-corrected chi connectivity index (χ4v) is 2.75. The van der Waals surface area contributed by atoms with Crippen molar-refractivity contribution in [1.29, 1.82) is 0 Å². The maximum absolute atomic E-state index is 5.80. The summed E-state index contributed by atoms with van der Waals surface area (Å²) in [5, 5.41) is 11.2. The van der Waals surface area contributed by atoms with Crippen LogP contribution in [0.1, 0.15) is 29.4 Å². The molecule has 0 saturated heterocycles. The molecular weight excluding hydrogens is 453 g/mol. The Morgan fingerprint density at radius 3 is 2.52 bits per heavy atom. The Hall–Kier alpha value is -1.61. The second kappa shape index (κ2) is 12.0. The fraction of sp³-hybridized carbons (Fsp3) is 0.500. The first-order valence-electron chi connectivity index (χ1n) is 9.06. The van der Waals surface area contributed by atoms with E-state index in [9.17, 15) is 0 Å². The lowest BCUT2D eigenvalue weighted by atomic mass is 10.2. The average molecular weight is 485 g/mol. The molecule has 1 aromatic carbocycles. The number of hydrogen-bond acceptors (Lipinski definition) is 3. The van der Waals surface area contributed by atoms with E-state index >= 15 is 0 Å². The van der Waals surface area contributed by atoms with Crippen LogP contribution >= 0.6 is 24.0 Å². The topological polar surface area (TPSA) is 63.5 Å². The zero-order chi connectivity index (χ0) is 18.9. The molecule has 1 atom stereocenters. The molecule has 0 amide bonds. The minimum absolute atomic E-state index is 0. The lowest BCUT2D eigenvalue weighted by molar-refractivity contribution is 0.0931. The molecule has 0 fully saturated rings. The zero-order valence-corrected chi connectivity index (χ0v) is 19.3. The molecule has 1 heterocycles. The van der Waals surface area contributed by atoms with Crippen LogP contribution in [0.4, 0.5) is 0 Å². The molecular formula is C20H32IN5O. The molecule has 0 aliphatic heterocycles. The molecule has 1 aromatic heterocycles. The molecule has 6 nitrogen and oxygen atoms in total. The van der Waals surface area contributed by atoms with E-state index in [4.69, 9.17) is 4.74 Å². The summed E-state index contributed by atoms with van der Waals surface area (Å²) in [7, 11) is 3.75. The monoisotopic (exact) mass is 485 g/mol. The highest BCUT2D eigenvalue weighted by atomic mass is 127. The van der Waals surface area contributed by atoms with Gasteiger partial charge in [0.1, 0.15) is 0 Å². The van der Waals surface area contributed by atoms with E-state index in [1.54, 1.807) is 7.05 Å². The Morgan fingerprint density at radius 2 is 1.93 bits per heavy atom. The van der Waals surface area contributed by atoms with Gasteiger partial charge in [-0.15, -0.1) is 24.0 Å². The van der Waals surface area contributed by atoms with Crippen molar-refractivity contribution in [1.82, 2.24) is 20.4 Å². The Bertz CT molecular complexity index is 715. The highest BCUT2D eigenvalue weighted by Crippen LogP contribution is 2.11. The first-order chi connectivity index (χ1) is 12.5. The van der Waals surface area contributed by atoms with Crippen molar-refractivity contribution in [2.24, 2.45) is 18.0 Å². The van der Waals surface area contributed by atoms with Gasteiger partial charge in [0.15, 0.2) is 5.96 Å². The van der Waals surface area contributed by atoms with Gasteiger partial charge in [0.05, 0.1) is 18.9 Å². The summed E-state index contributed by atoms with van der Waals surface area (Å²) in [6.45, 7) is 9.16. The van der Waals surface area contributed by atoms with Gasteiger partial charge in [-0.25, -0.2) is 0 Å². The highest BCUT2D eigenvalue weighted by Gasteiger charge is 2.10. The normalized spacial score (nSPS) is 12.4. The van der Waals surface area contributed by atoms with Crippen LogP contribution in [-0.2, 0) is 24.9 Å². The molecule has 2 rings (SSSR count). The number of aryl methyl sites for hydroxylation is 2. The second-order valence-corrected chi connectivity index (χ2v) is 6.69. The van der Waals surface area contributed by atoms with E-state index < -0.39 is 0 Å². The van der Waals surface area contributed by atoms with Gasteiger partial charge in [-0.05, 0) is 25.3 Å². The van der Waals surface area contributed by atoms with E-state index in [2.05, 4.69) is 46.7 Å². The summed E-state index contributed by atoms with van der Waals surface area (Å²) in [5.41, 5.74) is 4.64. The van der Waals surface area contributed by atoms with Crippen LogP contribution in [0, 0.1) is 19.8 Å². The van der Waals surface area contributed by atoms with Crippen molar-refractivity contribution in [2.75, 3.05) is 20.2 Å². The molecule has 0 aliphatic rings. The van der Waals surface area contributed by atoms with Gasteiger partial charge < -0.3 is 15.4 Å². The van der Waals surface area contributed by atoms with Crippen LogP contribution in [0.3, 0.4) is 0 Å². The molecule has 7 heteroatoms. The van der Waals surface area contributed by atoms with Gasteiger partial charge in [-0.1, -0.05) is 37.3 Å². The smallest absolute Gasteiger partial charge is 0.191 e. The molecule has 1 unspecified atom stereocenters. The lowest BCUT2D eigenvalue weighted by Crippen LogP contribution is -2.39. The van der Waals surface area contributed by atoms with Crippen molar-refractivity contribution in [3.8, 4) is 0 Å². The molecule has 150 valence electrons. The van der Waals surface area contributed by atoms with Crippen molar-refractivity contribution in [2.45, 2.75) is 33.9 Å². The summed E-state index contributed by atoms with van der Waals surface area (Å²) < 4.78 is 7.71. The number of nitrogens with zero attached hydrogens (tertiary/aromatic N) is 3. The van der Waals surface area contributed by atoms with Gasteiger partial charge >= 0.3 is 0 Å². The third-order valence-electron chi connectivity index (χ3n) is 4.45. The van der Waals surface area contributed by atoms with Crippen LogP contribution in [0.5, 0.6) is 0 Å². The average Bonchev–Trinajstić information content (AvgIpc) is 2.88. The summed E-state index contributed by atoms with van der Waals surface area (Å²) in [6.07, 6.45) is 0. The number of guanidine groups is 1. The quantitative estimate of drug-likeness (QED) is 0.343. The molecule has 0 aliphatic carbocycles. The number of hydrogen-bond donors (Lipinski definition) is 2. The fourth-order valence-electron chi connectivity index (χ4n) is 2.75. The third-order valence-corrected chi connectivity index (χ3v) is 4.45. The molecule has 2 N–H and O–H groups in total. The minimum atomic E-state index is 0. The first-order valence-corrected chi connectivity index (χ1v) is 9.06.